The number of imide groups is 1. The van der Waals surface area contributed by atoms with Gasteiger partial charge in [0.05, 0.1) is 12.6 Å². The fraction of sp³-hybridized carbons (Fsp3) is 0.400. The molecule has 0 saturated heterocycles. The summed E-state index contributed by atoms with van der Waals surface area (Å²) in [6.07, 6.45) is 4.08. The van der Waals surface area contributed by atoms with Crippen molar-refractivity contribution in [2.45, 2.75) is 59.7 Å². The minimum atomic E-state index is -1.05. The van der Waals surface area contributed by atoms with Gasteiger partial charge in [-0.1, -0.05) is 65.0 Å². The molecule has 0 saturated carbocycles. The third-order valence-corrected chi connectivity index (χ3v) is 9.02. The minimum absolute atomic E-state index is 0.0604. The number of carbonyl (C=O) groups is 6. The van der Waals surface area contributed by atoms with E-state index in [9.17, 15) is 38.3 Å². The highest BCUT2D eigenvalue weighted by atomic mass is 19.1. The zero-order valence-corrected chi connectivity index (χ0v) is 31.6. The lowest BCUT2D eigenvalue weighted by atomic mass is 9.83. The highest BCUT2D eigenvalue weighted by Crippen LogP contribution is 2.41. The minimum Gasteiger partial charge on any atom is -0.387 e. The second-order valence-electron chi connectivity index (χ2n) is 14.7. The number of amides is 6. The van der Waals surface area contributed by atoms with Gasteiger partial charge in [-0.3, -0.25) is 33.7 Å². The number of aliphatic hydroxyl groups is 1. The van der Waals surface area contributed by atoms with Crippen molar-refractivity contribution in [2.24, 2.45) is 11.3 Å². The maximum absolute atomic E-state index is 15.0. The molecule has 0 bridgehead atoms. The van der Waals surface area contributed by atoms with E-state index in [1.165, 1.54) is 4.90 Å². The van der Waals surface area contributed by atoms with E-state index in [-0.39, 0.29) is 25.1 Å². The fourth-order valence-corrected chi connectivity index (χ4v) is 6.40. The van der Waals surface area contributed by atoms with Gasteiger partial charge < -0.3 is 30.5 Å². The van der Waals surface area contributed by atoms with Crippen LogP contribution in [-0.2, 0) is 35.3 Å². The molecule has 0 spiro atoms. The van der Waals surface area contributed by atoms with Crippen LogP contribution in [-0.4, -0.2) is 93.7 Å². The maximum atomic E-state index is 15.0. The van der Waals surface area contributed by atoms with E-state index in [0.717, 1.165) is 40.8 Å². The number of halogens is 2. The summed E-state index contributed by atoms with van der Waals surface area (Å²) >= 11 is 0. The van der Waals surface area contributed by atoms with Gasteiger partial charge in [-0.15, -0.1) is 0 Å². The Labute approximate surface area is 318 Å². The zero-order valence-electron chi connectivity index (χ0n) is 31.6. The summed E-state index contributed by atoms with van der Waals surface area (Å²) in [4.78, 5) is 77.4. The molecule has 1 aromatic heterocycles. The van der Waals surface area contributed by atoms with Crippen LogP contribution in [0.1, 0.15) is 58.3 Å². The Morgan fingerprint density at radius 1 is 0.909 bits per heavy atom. The van der Waals surface area contributed by atoms with Gasteiger partial charge in [0.2, 0.25) is 23.6 Å². The van der Waals surface area contributed by atoms with Gasteiger partial charge >= 0.3 is 0 Å². The van der Waals surface area contributed by atoms with E-state index >= 15 is 4.39 Å². The van der Waals surface area contributed by atoms with Gasteiger partial charge in [0, 0.05) is 54.8 Å². The van der Waals surface area contributed by atoms with Gasteiger partial charge in [-0.25, -0.2) is 8.78 Å². The number of aromatic nitrogens is 1. The topological polar surface area (TPSA) is 170 Å². The summed E-state index contributed by atoms with van der Waals surface area (Å²) in [7, 11) is 0. The number of hydrogen-bond acceptors (Lipinski definition) is 7. The normalized spacial score (nSPS) is 13.9. The molecule has 4 rings (SSSR count). The maximum Gasteiger partial charge on any atom is 0.254 e. The molecular weight excluding hydrogens is 714 g/mol. The summed E-state index contributed by atoms with van der Waals surface area (Å²) in [5.74, 6) is -5.33. The van der Waals surface area contributed by atoms with Crippen LogP contribution in [0.4, 0.5) is 8.78 Å². The molecule has 13 nitrogen and oxygen atoms in total. The molecule has 3 aromatic rings. The Bertz CT molecular complexity index is 1900. The monoisotopic (exact) mass is 762 g/mol. The first-order valence-corrected chi connectivity index (χ1v) is 18.0. The number of hydrogen-bond donors (Lipinski definition) is 4. The third kappa shape index (κ3) is 11.2. The van der Waals surface area contributed by atoms with Gasteiger partial charge in [0.1, 0.15) is 30.8 Å². The molecule has 294 valence electrons. The average Bonchev–Trinajstić information content (AvgIpc) is 3.68. The van der Waals surface area contributed by atoms with Crippen molar-refractivity contribution in [3.05, 3.63) is 95.8 Å². The SMILES string of the molecule is CC(C)C(NC(=O)CN1C(=O)C=CC1=O)C(=O)NCC(=O)NCCCN(C(=O)CO)[C@@H](c1cc(-c2cc(F)ccc2F)cn1Cc1ccccc1)C(C)(C)C. The van der Waals surface area contributed by atoms with Crippen molar-refractivity contribution >= 4 is 35.4 Å². The Balaban J connectivity index is 1.44. The molecule has 55 heavy (non-hydrogen) atoms. The molecule has 2 heterocycles. The molecule has 2 aromatic carbocycles. The molecule has 2 atom stereocenters. The number of rotatable bonds is 17. The van der Waals surface area contributed by atoms with E-state index in [1.54, 1.807) is 26.1 Å². The van der Waals surface area contributed by atoms with Crippen LogP contribution >= 0.6 is 0 Å². The first-order chi connectivity index (χ1) is 26.0. The summed E-state index contributed by atoms with van der Waals surface area (Å²) < 4.78 is 31.2. The largest absolute Gasteiger partial charge is 0.387 e. The highest BCUT2D eigenvalue weighted by molar-refractivity contribution is 6.14. The van der Waals surface area contributed by atoms with Crippen molar-refractivity contribution in [1.29, 1.82) is 0 Å². The van der Waals surface area contributed by atoms with Crippen molar-refractivity contribution in [3.8, 4) is 11.1 Å². The van der Waals surface area contributed by atoms with E-state index < -0.39 is 90.2 Å². The Morgan fingerprint density at radius 3 is 2.20 bits per heavy atom. The van der Waals surface area contributed by atoms with Crippen molar-refractivity contribution in [3.63, 3.8) is 0 Å². The number of aliphatic hydroxyl groups excluding tert-OH is 1. The molecule has 1 aliphatic rings. The molecule has 0 fully saturated rings. The van der Waals surface area contributed by atoms with Gasteiger partial charge in [0.25, 0.3) is 11.8 Å². The van der Waals surface area contributed by atoms with E-state index in [1.807, 2.05) is 55.7 Å². The van der Waals surface area contributed by atoms with Crippen molar-refractivity contribution in [1.82, 2.24) is 30.3 Å². The summed E-state index contributed by atoms with van der Waals surface area (Å²) in [5.41, 5.74) is 1.41. The van der Waals surface area contributed by atoms with Crippen LogP contribution in [0, 0.1) is 23.0 Å². The number of benzene rings is 2. The van der Waals surface area contributed by atoms with E-state index in [0.29, 0.717) is 17.8 Å². The lowest BCUT2D eigenvalue weighted by Gasteiger charge is -2.41. The second-order valence-corrected chi connectivity index (χ2v) is 14.7. The van der Waals surface area contributed by atoms with Crippen LogP contribution in [0.15, 0.2) is 72.9 Å². The average molecular weight is 763 g/mol. The number of nitrogens with zero attached hydrogens (tertiary/aromatic N) is 3. The molecule has 4 N–H and O–H groups in total. The number of nitrogens with one attached hydrogen (secondary N) is 3. The molecule has 6 amide bonds. The fourth-order valence-electron chi connectivity index (χ4n) is 6.40. The Hall–Kier alpha value is -5.70. The van der Waals surface area contributed by atoms with Gasteiger partial charge in [-0.05, 0) is 47.6 Å². The number of carbonyl (C=O) groups excluding carboxylic acids is 6. The van der Waals surface area contributed by atoms with E-state index in [4.69, 9.17) is 0 Å². The lowest BCUT2D eigenvalue weighted by Crippen LogP contribution is -2.53. The van der Waals surface area contributed by atoms with E-state index in [2.05, 4.69) is 16.0 Å². The first-order valence-electron chi connectivity index (χ1n) is 18.0. The third-order valence-electron chi connectivity index (χ3n) is 9.02. The zero-order chi connectivity index (χ0) is 40.4. The van der Waals surface area contributed by atoms with Crippen LogP contribution in [0.2, 0.25) is 0 Å². The van der Waals surface area contributed by atoms with Crippen molar-refractivity contribution in [2.75, 3.05) is 32.8 Å². The molecule has 1 unspecified atom stereocenters. The predicted octanol–water partition coefficient (Wildman–Crippen LogP) is 3.08. The standard InChI is InChI=1S/C40H48F2N6O7/c1-25(2)37(45-33(51)23-48-34(52)14-15-35(48)53)39(55)44-20-32(50)43-16-9-17-47(36(54)24-49)38(40(3,4)5)31-18-27(29-19-28(41)12-13-30(29)42)22-46(31)21-26-10-7-6-8-11-26/h6-8,10-15,18-19,22,25,37-38,49H,9,16-17,20-21,23-24H2,1-5H3,(H,43,50)(H,44,55)(H,45,51)/t37?,38-/m0/s1. The summed E-state index contributed by atoms with van der Waals surface area (Å²) in [5, 5.41) is 17.8. The second kappa shape index (κ2) is 18.6. The van der Waals surface area contributed by atoms with Crippen LogP contribution in [0.3, 0.4) is 0 Å². The molecule has 0 aliphatic carbocycles. The van der Waals surface area contributed by atoms with Gasteiger partial charge in [-0.2, -0.15) is 0 Å². The van der Waals surface area contributed by atoms with Crippen LogP contribution < -0.4 is 16.0 Å². The smallest absolute Gasteiger partial charge is 0.254 e. The Kier molecular flexibility index (Phi) is 14.2. The Morgan fingerprint density at radius 2 is 1.58 bits per heavy atom. The quantitative estimate of drug-likeness (QED) is 0.121. The lowest BCUT2D eigenvalue weighted by molar-refractivity contribution is -0.141. The molecule has 15 heteroatoms. The molecule has 0 radical (unpaired) electrons. The molecular formula is C40H48F2N6O7. The van der Waals surface area contributed by atoms with Crippen LogP contribution in [0.5, 0.6) is 0 Å². The predicted molar refractivity (Wildman–Crippen MR) is 200 cm³/mol. The highest BCUT2D eigenvalue weighted by Gasteiger charge is 2.37. The summed E-state index contributed by atoms with van der Waals surface area (Å²) in [6, 6.07) is 12.8. The summed E-state index contributed by atoms with van der Waals surface area (Å²) in [6.45, 7) is 7.95. The van der Waals surface area contributed by atoms with Crippen molar-refractivity contribution < 1.29 is 42.7 Å². The van der Waals surface area contributed by atoms with Gasteiger partial charge in [0.15, 0.2) is 0 Å². The van der Waals surface area contributed by atoms with Crippen LogP contribution in [0.25, 0.3) is 11.1 Å². The molecule has 1 aliphatic heterocycles. The first kappa shape index (κ1) is 42.0.